The number of carbonyl (C=O) groups is 3. The van der Waals surface area contributed by atoms with Gasteiger partial charge in [0.1, 0.15) is 6.29 Å². The lowest BCUT2D eigenvalue weighted by Gasteiger charge is -2.19. The first-order chi connectivity index (χ1) is 12.8. The SMILES string of the molecule is CC[C@@H](CC(C)C)C(=O)C(C=O)c1cc(-c2ccc(C(=O)O)cc2)sc1C. The lowest BCUT2D eigenvalue weighted by molar-refractivity contribution is -0.128. The van der Waals surface area contributed by atoms with Crippen LogP contribution in [0, 0.1) is 18.8 Å². The Morgan fingerprint density at radius 2 is 1.81 bits per heavy atom. The van der Waals surface area contributed by atoms with Crippen molar-refractivity contribution in [3.8, 4) is 10.4 Å². The lowest BCUT2D eigenvalue weighted by atomic mass is 9.82. The van der Waals surface area contributed by atoms with Gasteiger partial charge in [-0.15, -0.1) is 11.3 Å². The van der Waals surface area contributed by atoms with Gasteiger partial charge in [0, 0.05) is 15.7 Å². The van der Waals surface area contributed by atoms with Crippen LogP contribution in [0.15, 0.2) is 30.3 Å². The van der Waals surface area contributed by atoms with E-state index in [2.05, 4.69) is 13.8 Å². The van der Waals surface area contributed by atoms with Crippen LogP contribution in [0.5, 0.6) is 0 Å². The number of carboxylic acids is 1. The Morgan fingerprint density at radius 1 is 1.19 bits per heavy atom. The predicted octanol–water partition coefficient (Wildman–Crippen LogP) is 5.35. The number of carboxylic acid groups (broad SMARTS) is 1. The molecule has 1 unspecified atom stereocenters. The molecular formula is C22H26O4S. The maximum absolute atomic E-state index is 13.0. The molecule has 1 heterocycles. The molecule has 144 valence electrons. The molecule has 0 saturated carbocycles. The van der Waals surface area contributed by atoms with E-state index in [1.54, 1.807) is 24.3 Å². The van der Waals surface area contributed by atoms with E-state index in [1.165, 1.54) is 11.3 Å². The molecule has 1 aromatic heterocycles. The van der Waals surface area contributed by atoms with E-state index in [0.29, 0.717) is 5.92 Å². The number of aldehydes is 1. The highest BCUT2D eigenvalue weighted by molar-refractivity contribution is 7.15. The normalized spacial score (nSPS) is 13.4. The lowest BCUT2D eigenvalue weighted by Crippen LogP contribution is -2.24. The Balaban J connectivity index is 2.33. The second-order valence-corrected chi connectivity index (χ2v) is 8.51. The fraction of sp³-hybridized carbons (Fsp3) is 0.409. The summed E-state index contributed by atoms with van der Waals surface area (Å²) in [4.78, 5) is 37.6. The molecule has 27 heavy (non-hydrogen) atoms. The van der Waals surface area contributed by atoms with Gasteiger partial charge < -0.3 is 9.90 Å². The van der Waals surface area contributed by atoms with Crippen molar-refractivity contribution in [3.63, 3.8) is 0 Å². The third-order valence-corrected chi connectivity index (χ3v) is 5.92. The molecule has 1 aromatic carbocycles. The molecule has 0 amide bonds. The smallest absolute Gasteiger partial charge is 0.335 e. The van der Waals surface area contributed by atoms with Crippen molar-refractivity contribution in [1.82, 2.24) is 0 Å². The minimum Gasteiger partial charge on any atom is -0.478 e. The molecule has 0 bridgehead atoms. The van der Waals surface area contributed by atoms with E-state index >= 15 is 0 Å². The molecule has 0 aliphatic heterocycles. The van der Waals surface area contributed by atoms with E-state index in [1.807, 2.05) is 19.9 Å². The first-order valence-electron chi connectivity index (χ1n) is 9.21. The Bertz CT molecular complexity index is 817. The standard InChI is InChI=1S/C22H26O4S/c1-5-15(10-13(2)3)21(24)19(12-23)18-11-20(27-14(18)4)16-6-8-17(9-7-16)22(25)26/h6-9,11-13,15,19H,5,10H2,1-4H3,(H,25,26)/t15-,19?/m0/s1. The maximum Gasteiger partial charge on any atom is 0.335 e. The van der Waals surface area contributed by atoms with Gasteiger partial charge >= 0.3 is 5.97 Å². The minimum absolute atomic E-state index is 0.00475. The molecule has 0 aliphatic carbocycles. The number of rotatable bonds is 9. The minimum atomic E-state index is -0.966. The molecule has 5 heteroatoms. The number of benzene rings is 1. The zero-order valence-corrected chi connectivity index (χ0v) is 17.0. The van der Waals surface area contributed by atoms with Crippen molar-refractivity contribution >= 4 is 29.4 Å². The zero-order chi connectivity index (χ0) is 20.1. The number of hydrogen-bond donors (Lipinski definition) is 1. The van der Waals surface area contributed by atoms with E-state index in [0.717, 1.165) is 40.0 Å². The Labute approximate surface area is 164 Å². The highest BCUT2D eigenvalue weighted by atomic mass is 32.1. The quantitative estimate of drug-likeness (QED) is 0.466. The molecule has 1 N–H and O–H groups in total. The maximum atomic E-state index is 13.0. The molecule has 0 aliphatic rings. The largest absolute Gasteiger partial charge is 0.478 e. The van der Waals surface area contributed by atoms with Crippen molar-refractivity contribution in [1.29, 1.82) is 0 Å². The molecule has 0 radical (unpaired) electrons. The average Bonchev–Trinajstić information content (AvgIpc) is 3.01. The Kier molecular flexibility index (Phi) is 7.08. The number of ketones is 1. The number of aryl methyl sites for hydroxylation is 1. The van der Waals surface area contributed by atoms with Crippen molar-refractivity contribution in [3.05, 3.63) is 46.3 Å². The van der Waals surface area contributed by atoms with Crippen LogP contribution in [-0.4, -0.2) is 23.1 Å². The monoisotopic (exact) mass is 386 g/mol. The second-order valence-electron chi connectivity index (χ2n) is 7.26. The summed E-state index contributed by atoms with van der Waals surface area (Å²) in [5.41, 5.74) is 1.87. The van der Waals surface area contributed by atoms with E-state index in [9.17, 15) is 14.4 Å². The van der Waals surface area contributed by atoms with Crippen molar-refractivity contribution in [2.45, 2.75) is 46.5 Å². The highest BCUT2D eigenvalue weighted by Gasteiger charge is 2.29. The first-order valence-corrected chi connectivity index (χ1v) is 10.0. The Hall–Kier alpha value is -2.27. The summed E-state index contributed by atoms with van der Waals surface area (Å²) < 4.78 is 0. The van der Waals surface area contributed by atoms with Gasteiger partial charge in [0.15, 0.2) is 5.78 Å². The summed E-state index contributed by atoms with van der Waals surface area (Å²) in [5, 5.41) is 9.02. The Morgan fingerprint density at radius 3 is 2.30 bits per heavy atom. The summed E-state index contributed by atoms with van der Waals surface area (Å²) >= 11 is 1.52. The van der Waals surface area contributed by atoms with Crippen LogP contribution >= 0.6 is 11.3 Å². The summed E-state index contributed by atoms with van der Waals surface area (Å²) in [5.74, 6) is -1.42. The van der Waals surface area contributed by atoms with Crippen molar-refractivity contribution in [2.75, 3.05) is 0 Å². The van der Waals surface area contributed by atoms with Gasteiger partial charge in [-0.3, -0.25) is 4.79 Å². The topological polar surface area (TPSA) is 71.4 Å². The van der Waals surface area contributed by atoms with E-state index in [4.69, 9.17) is 5.11 Å². The molecule has 0 fully saturated rings. The number of Topliss-reactive ketones (excluding diaryl/α,β-unsaturated/α-hetero) is 1. The van der Waals surface area contributed by atoms with E-state index in [-0.39, 0.29) is 17.3 Å². The molecule has 2 rings (SSSR count). The average molecular weight is 387 g/mol. The summed E-state index contributed by atoms with van der Waals surface area (Å²) in [6, 6.07) is 8.53. The molecule has 0 spiro atoms. The van der Waals surface area contributed by atoms with Gasteiger partial charge in [0.2, 0.25) is 0 Å². The summed E-state index contributed by atoms with van der Waals surface area (Å²) in [6.07, 6.45) is 2.28. The summed E-state index contributed by atoms with van der Waals surface area (Å²) in [7, 11) is 0. The molecule has 4 nitrogen and oxygen atoms in total. The van der Waals surface area contributed by atoms with Gasteiger partial charge in [-0.25, -0.2) is 4.79 Å². The van der Waals surface area contributed by atoms with Crippen LogP contribution in [0.2, 0.25) is 0 Å². The first kappa shape index (κ1) is 21.0. The third-order valence-electron chi connectivity index (χ3n) is 4.80. The van der Waals surface area contributed by atoms with Crippen molar-refractivity contribution in [2.24, 2.45) is 11.8 Å². The zero-order valence-electron chi connectivity index (χ0n) is 16.2. The van der Waals surface area contributed by atoms with E-state index < -0.39 is 11.9 Å². The van der Waals surface area contributed by atoms with Crippen LogP contribution in [0.4, 0.5) is 0 Å². The fourth-order valence-electron chi connectivity index (χ4n) is 3.32. The molecule has 0 saturated heterocycles. The predicted molar refractivity (Wildman–Crippen MR) is 108 cm³/mol. The number of carbonyl (C=O) groups excluding carboxylic acids is 2. The summed E-state index contributed by atoms with van der Waals surface area (Å²) in [6.45, 7) is 8.08. The van der Waals surface area contributed by atoms with Crippen LogP contribution in [0.25, 0.3) is 10.4 Å². The van der Waals surface area contributed by atoms with Gasteiger partial charge in [-0.1, -0.05) is 32.9 Å². The van der Waals surface area contributed by atoms with Crippen LogP contribution in [0.1, 0.15) is 60.3 Å². The van der Waals surface area contributed by atoms with Crippen LogP contribution < -0.4 is 0 Å². The third kappa shape index (κ3) is 4.92. The molecule has 2 atom stereocenters. The molecular weight excluding hydrogens is 360 g/mol. The van der Waals surface area contributed by atoms with Gasteiger partial charge in [0.05, 0.1) is 11.5 Å². The fourth-order valence-corrected chi connectivity index (χ4v) is 4.40. The van der Waals surface area contributed by atoms with Gasteiger partial charge in [-0.2, -0.15) is 0 Å². The number of hydrogen-bond acceptors (Lipinski definition) is 4. The molecule has 2 aromatic rings. The van der Waals surface area contributed by atoms with Gasteiger partial charge in [-0.05, 0) is 55.0 Å². The number of aromatic carboxylic acids is 1. The second kappa shape index (κ2) is 9.09. The number of thiophene rings is 1. The van der Waals surface area contributed by atoms with Gasteiger partial charge in [0.25, 0.3) is 0 Å². The van der Waals surface area contributed by atoms with Crippen LogP contribution in [0.3, 0.4) is 0 Å². The van der Waals surface area contributed by atoms with Crippen molar-refractivity contribution < 1.29 is 19.5 Å². The van der Waals surface area contributed by atoms with Crippen LogP contribution in [-0.2, 0) is 9.59 Å². The highest BCUT2D eigenvalue weighted by Crippen LogP contribution is 2.36.